The van der Waals surface area contributed by atoms with Gasteiger partial charge in [-0.3, -0.25) is 0 Å². The van der Waals surface area contributed by atoms with E-state index in [2.05, 4.69) is 23.9 Å². The smallest absolute Gasteiger partial charge is 0.123 e. The molecule has 1 aromatic rings. The molecule has 0 saturated carbocycles. The molecule has 4 nitrogen and oxygen atoms in total. The molecule has 0 spiro atoms. The average molecular weight is 276 g/mol. The normalized spacial score (nSPS) is 16.4. The molecule has 0 radical (unpaired) electrons. The van der Waals surface area contributed by atoms with Gasteiger partial charge in [-0.05, 0) is 38.4 Å². The van der Waals surface area contributed by atoms with E-state index >= 15 is 0 Å². The molecule has 1 aliphatic rings. The molecule has 1 aliphatic carbocycles. The standard InChI is InChI=1S/C16H24N2O2/c1-3-18(4-2)11-12-20-16-10-6-7-13-14(16)8-5-9-15(13)17-19/h6-7,10,19H,3-5,8-9,11-12H2,1-2H3. The van der Waals surface area contributed by atoms with Crippen LogP contribution in [0.25, 0.3) is 0 Å². The summed E-state index contributed by atoms with van der Waals surface area (Å²) in [6.45, 7) is 8.07. The fourth-order valence-electron chi connectivity index (χ4n) is 2.72. The first kappa shape index (κ1) is 14.9. The fourth-order valence-corrected chi connectivity index (χ4v) is 2.72. The predicted octanol–water partition coefficient (Wildman–Crippen LogP) is 2.92. The van der Waals surface area contributed by atoms with E-state index < -0.39 is 0 Å². The Hall–Kier alpha value is -1.55. The van der Waals surface area contributed by atoms with Crippen LogP contribution in [-0.4, -0.2) is 42.1 Å². The van der Waals surface area contributed by atoms with Crippen LogP contribution in [0.5, 0.6) is 5.75 Å². The van der Waals surface area contributed by atoms with E-state index in [9.17, 15) is 0 Å². The number of benzene rings is 1. The molecule has 2 rings (SSSR count). The summed E-state index contributed by atoms with van der Waals surface area (Å²) in [6.07, 6.45) is 2.85. The maximum absolute atomic E-state index is 9.08. The zero-order chi connectivity index (χ0) is 14.4. The first-order valence-electron chi connectivity index (χ1n) is 7.48. The summed E-state index contributed by atoms with van der Waals surface area (Å²) in [6, 6.07) is 6.00. The van der Waals surface area contributed by atoms with E-state index in [1.165, 1.54) is 5.56 Å². The number of oxime groups is 1. The van der Waals surface area contributed by atoms with Crippen molar-refractivity contribution >= 4 is 5.71 Å². The van der Waals surface area contributed by atoms with Crippen molar-refractivity contribution in [2.45, 2.75) is 33.1 Å². The maximum Gasteiger partial charge on any atom is 0.123 e. The van der Waals surface area contributed by atoms with Crippen molar-refractivity contribution in [3.8, 4) is 5.75 Å². The van der Waals surface area contributed by atoms with Gasteiger partial charge in [-0.15, -0.1) is 0 Å². The minimum atomic E-state index is 0.698. The molecule has 20 heavy (non-hydrogen) atoms. The third-order valence-corrected chi connectivity index (χ3v) is 3.96. The van der Waals surface area contributed by atoms with Gasteiger partial charge in [-0.1, -0.05) is 31.1 Å². The number of hydrogen-bond acceptors (Lipinski definition) is 4. The molecule has 0 heterocycles. The van der Waals surface area contributed by atoms with Crippen molar-refractivity contribution in [3.05, 3.63) is 29.3 Å². The Labute approximate surface area is 121 Å². The number of hydrogen-bond donors (Lipinski definition) is 1. The summed E-state index contributed by atoms with van der Waals surface area (Å²) >= 11 is 0. The number of rotatable bonds is 6. The quantitative estimate of drug-likeness (QED) is 0.642. The highest BCUT2D eigenvalue weighted by molar-refractivity contribution is 6.02. The Bertz CT molecular complexity index is 468. The molecule has 0 saturated heterocycles. The number of fused-ring (bicyclic) bond motifs is 1. The van der Waals surface area contributed by atoms with E-state index in [1.54, 1.807) is 0 Å². The van der Waals surface area contributed by atoms with E-state index in [0.29, 0.717) is 6.61 Å². The Balaban J connectivity index is 2.06. The average Bonchev–Trinajstić information content (AvgIpc) is 2.51. The molecule has 0 atom stereocenters. The lowest BCUT2D eigenvalue weighted by Gasteiger charge is -2.22. The molecule has 0 bridgehead atoms. The Morgan fingerprint density at radius 2 is 2.05 bits per heavy atom. The van der Waals surface area contributed by atoms with Gasteiger partial charge < -0.3 is 14.8 Å². The highest BCUT2D eigenvalue weighted by Crippen LogP contribution is 2.29. The molecular weight excluding hydrogens is 252 g/mol. The minimum absolute atomic E-state index is 0.698. The molecule has 1 N–H and O–H groups in total. The summed E-state index contributed by atoms with van der Waals surface area (Å²) in [5.41, 5.74) is 3.01. The lowest BCUT2D eigenvalue weighted by molar-refractivity contribution is 0.221. The molecule has 0 aliphatic heterocycles. The van der Waals surface area contributed by atoms with E-state index in [0.717, 1.165) is 55.9 Å². The van der Waals surface area contributed by atoms with Gasteiger partial charge in [0.15, 0.2) is 0 Å². The summed E-state index contributed by atoms with van der Waals surface area (Å²) in [7, 11) is 0. The van der Waals surface area contributed by atoms with Gasteiger partial charge in [-0.2, -0.15) is 0 Å². The summed E-state index contributed by atoms with van der Waals surface area (Å²) < 4.78 is 5.95. The lowest BCUT2D eigenvalue weighted by atomic mass is 9.89. The van der Waals surface area contributed by atoms with Gasteiger partial charge in [0.2, 0.25) is 0 Å². The molecule has 0 unspecified atom stereocenters. The third-order valence-electron chi connectivity index (χ3n) is 3.96. The number of ether oxygens (including phenoxy) is 1. The molecular formula is C16H24N2O2. The minimum Gasteiger partial charge on any atom is -0.492 e. The van der Waals surface area contributed by atoms with Gasteiger partial charge in [0.25, 0.3) is 0 Å². The number of nitrogens with zero attached hydrogens (tertiary/aromatic N) is 2. The topological polar surface area (TPSA) is 45.1 Å². The SMILES string of the molecule is CCN(CC)CCOc1cccc2c1CCCC2=NO. The summed E-state index contributed by atoms with van der Waals surface area (Å²) in [5, 5.41) is 12.5. The van der Waals surface area contributed by atoms with Crippen LogP contribution in [0.3, 0.4) is 0 Å². The Morgan fingerprint density at radius 3 is 2.75 bits per heavy atom. The van der Waals surface area contributed by atoms with Crippen LogP contribution in [0.15, 0.2) is 23.4 Å². The van der Waals surface area contributed by atoms with Crippen LogP contribution >= 0.6 is 0 Å². The van der Waals surface area contributed by atoms with Crippen LogP contribution in [-0.2, 0) is 6.42 Å². The fraction of sp³-hybridized carbons (Fsp3) is 0.562. The second kappa shape index (κ2) is 7.29. The summed E-state index contributed by atoms with van der Waals surface area (Å²) in [4.78, 5) is 2.34. The monoisotopic (exact) mass is 276 g/mol. The van der Waals surface area contributed by atoms with E-state index in [-0.39, 0.29) is 0 Å². The number of likely N-dealkylation sites (N-methyl/N-ethyl adjacent to an activating group) is 1. The van der Waals surface area contributed by atoms with Crippen molar-refractivity contribution < 1.29 is 9.94 Å². The van der Waals surface area contributed by atoms with Crippen LogP contribution in [0.4, 0.5) is 0 Å². The maximum atomic E-state index is 9.08. The van der Waals surface area contributed by atoms with Crippen LogP contribution in [0.1, 0.15) is 37.8 Å². The van der Waals surface area contributed by atoms with Gasteiger partial charge in [-0.25, -0.2) is 0 Å². The highest BCUT2D eigenvalue weighted by atomic mass is 16.5. The first-order chi connectivity index (χ1) is 9.80. The Morgan fingerprint density at radius 1 is 1.25 bits per heavy atom. The van der Waals surface area contributed by atoms with E-state index in [4.69, 9.17) is 9.94 Å². The van der Waals surface area contributed by atoms with Gasteiger partial charge in [0, 0.05) is 17.7 Å². The van der Waals surface area contributed by atoms with Crippen molar-refractivity contribution in [2.75, 3.05) is 26.2 Å². The van der Waals surface area contributed by atoms with Crippen molar-refractivity contribution in [1.82, 2.24) is 4.90 Å². The molecule has 4 heteroatoms. The molecule has 0 aromatic heterocycles. The van der Waals surface area contributed by atoms with E-state index in [1.807, 2.05) is 18.2 Å². The van der Waals surface area contributed by atoms with Crippen molar-refractivity contribution in [1.29, 1.82) is 0 Å². The Kier molecular flexibility index (Phi) is 5.41. The zero-order valence-corrected chi connectivity index (χ0v) is 12.4. The molecule has 0 fully saturated rings. The lowest BCUT2D eigenvalue weighted by Crippen LogP contribution is -2.28. The van der Waals surface area contributed by atoms with Crippen molar-refractivity contribution in [3.63, 3.8) is 0 Å². The second-order valence-corrected chi connectivity index (χ2v) is 5.06. The van der Waals surface area contributed by atoms with Gasteiger partial charge >= 0.3 is 0 Å². The predicted molar refractivity (Wildman–Crippen MR) is 81.0 cm³/mol. The molecule has 110 valence electrons. The third kappa shape index (κ3) is 3.31. The molecule has 0 amide bonds. The van der Waals surface area contributed by atoms with Gasteiger partial charge in [0.05, 0.1) is 5.71 Å². The summed E-state index contributed by atoms with van der Waals surface area (Å²) in [5.74, 6) is 0.940. The zero-order valence-electron chi connectivity index (χ0n) is 12.4. The van der Waals surface area contributed by atoms with Crippen molar-refractivity contribution in [2.24, 2.45) is 5.16 Å². The van der Waals surface area contributed by atoms with Gasteiger partial charge in [0.1, 0.15) is 12.4 Å². The van der Waals surface area contributed by atoms with Crippen LogP contribution < -0.4 is 4.74 Å². The largest absolute Gasteiger partial charge is 0.492 e. The van der Waals surface area contributed by atoms with Crippen LogP contribution in [0, 0.1) is 0 Å². The first-order valence-corrected chi connectivity index (χ1v) is 7.48. The molecule has 1 aromatic carbocycles. The second-order valence-electron chi connectivity index (χ2n) is 5.06. The van der Waals surface area contributed by atoms with Crippen LogP contribution in [0.2, 0.25) is 0 Å². The highest BCUT2D eigenvalue weighted by Gasteiger charge is 2.19.